The van der Waals surface area contributed by atoms with Gasteiger partial charge in [0.15, 0.2) is 0 Å². The van der Waals surface area contributed by atoms with Crippen LogP contribution in [0.2, 0.25) is 0 Å². The highest BCUT2D eigenvalue weighted by molar-refractivity contribution is 5.92. The van der Waals surface area contributed by atoms with E-state index in [9.17, 15) is 9.18 Å². The Morgan fingerprint density at radius 3 is 2.59 bits per heavy atom. The molecule has 0 spiro atoms. The minimum atomic E-state index is -0.377. The van der Waals surface area contributed by atoms with Gasteiger partial charge in [0.25, 0.3) is 0 Å². The highest BCUT2D eigenvalue weighted by atomic mass is 19.1. The second kappa shape index (κ2) is 6.22. The quantitative estimate of drug-likeness (QED) is 0.803. The van der Waals surface area contributed by atoms with Gasteiger partial charge >= 0.3 is 0 Å². The molecule has 0 saturated carbocycles. The Morgan fingerprint density at radius 1 is 1.09 bits per heavy atom. The predicted octanol–water partition coefficient (Wildman–Crippen LogP) is 3.19. The number of carbonyl (C=O) groups excluding carboxylic acids is 1. The van der Waals surface area contributed by atoms with Gasteiger partial charge in [-0.1, -0.05) is 36.4 Å². The molecule has 1 N–H and O–H groups in total. The van der Waals surface area contributed by atoms with Gasteiger partial charge in [-0.25, -0.2) is 9.07 Å². The Kier molecular flexibility index (Phi) is 3.96. The van der Waals surface area contributed by atoms with E-state index < -0.39 is 0 Å². The molecule has 22 heavy (non-hydrogen) atoms. The molecule has 1 heterocycles. The molecule has 0 bridgehead atoms. The summed E-state index contributed by atoms with van der Waals surface area (Å²) in [7, 11) is 0. The molecule has 0 unspecified atom stereocenters. The summed E-state index contributed by atoms with van der Waals surface area (Å²) in [5.41, 5.74) is 1.85. The molecule has 110 valence electrons. The van der Waals surface area contributed by atoms with Crippen LogP contribution in [0.3, 0.4) is 0 Å². The minimum absolute atomic E-state index is 0.0107. The standard InChI is InChI=1S/C17H14FN3O/c18-16-9-5-4-6-13(16)10-17(22)20-14-11-19-21(12-14)15-7-2-1-3-8-15/h1-9,11-12H,10H2,(H,20,22). The van der Waals surface area contributed by atoms with E-state index >= 15 is 0 Å². The number of hydrogen-bond donors (Lipinski definition) is 1. The fourth-order valence-corrected chi connectivity index (χ4v) is 2.13. The van der Waals surface area contributed by atoms with Gasteiger partial charge in [0, 0.05) is 0 Å². The molecule has 0 aliphatic carbocycles. The van der Waals surface area contributed by atoms with Gasteiger partial charge in [0.2, 0.25) is 5.91 Å². The van der Waals surface area contributed by atoms with Crippen molar-refractivity contribution in [2.75, 3.05) is 5.32 Å². The number of anilines is 1. The first-order chi connectivity index (χ1) is 10.7. The normalized spacial score (nSPS) is 10.4. The zero-order chi connectivity index (χ0) is 15.4. The number of nitrogens with one attached hydrogen (secondary N) is 1. The van der Waals surface area contributed by atoms with Crippen LogP contribution in [0.1, 0.15) is 5.56 Å². The van der Waals surface area contributed by atoms with Crippen LogP contribution in [-0.4, -0.2) is 15.7 Å². The van der Waals surface area contributed by atoms with Crippen molar-refractivity contribution >= 4 is 11.6 Å². The molecule has 0 aliphatic rings. The number of carbonyl (C=O) groups is 1. The van der Waals surface area contributed by atoms with Crippen LogP contribution in [0.5, 0.6) is 0 Å². The molecule has 1 aromatic heterocycles. The van der Waals surface area contributed by atoms with Crippen LogP contribution in [0.25, 0.3) is 5.69 Å². The van der Waals surface area contributed by atoms with Gasteiger partial charge in [0.1, 0.15) is 5.82 Å². The van der Waals surface area contributed by atoms with Crippen molar-refractivity contribution in [1.29, 1.82) is 0 Å². The summed E-state index contributed by atoms with van der Waals surface area (Å²) in [6.07, 6.45) is 3.27. The Bertz CT molecular complexity index is 783. The Hall–Kier alpha value is -2.95. The van der Waals surface area contributed by atoms with Crippen molar-refractivity contribution in [2.24, 2.45) is 0 Å². The van der Waals surface area contributed by atoms with Gasteiger partial charge in [-0.15, -0.1) is 0 Å². The highest BCUT2D eigenvalue weighted by Gasteiger charge is 2.09. The second-order valence-corrected chi connectivity index (χ2v) is 4.83. The molecule has 0 radical (unpaired) electrons. The van der Waals surface area contributed by atoms with Crippen molar-refractivity contribution in [3.63, 3.8) is 0 Å². The number of hydrogen-bond acceptors (Lipinski definition) is 2. The second-order valence-electron chi connectivity index (χ2n) is 4.83. The number of rotatable bonds is 4. The molecule has 2 aromatic carbocycles. The lowest BCUT2D eigenvalue weighted by atomic mass is 10.1. The smallest absolute Gasteiger partial charge is 0.228 e. The SMILES string of the molecule is O=C(Cc1ccccc1F)Nc1cnn(-c2ccccc2)c1. The summed E-state index contributed by atoms with van der Waals surface area (Å²) in [5, 5.41) is 6.91. The topological polar surface area (TPSA) is 46.9 Å². The first kappa shape index (κ1) is 14.0. The Labute approximate surface area is 127 Å². The molecule has 1 amide bonds. The molecule has 3 aromatic rings. The van der Waals surface area contributed by atoms with E-state index in [2.05, 4.69) is 10.4 Å². The van der Waals surface area contributed by atoms with Gasteiger partial charge in [0.05, 0.1) is 30.2 Å². The monoisotopic (exact) mass is 295 g/mol. The number of nitrogens with zero attached hydrogens (tertiary/aromatic N) is 2. The summed E-state index contributed by atoms with van der Waals surface area (Å²) in [6.45, 7) is 0. The average Bonchev–Trinajstić information content (AvgIpc) is 2.99. The van der Waals surface area contributed by atoms with Gasteiger partial charge in [-0.05, 0) is 23.8 Å². The fourth-order valence-electron chi connectivity index (χ4n) is 2.13. The average molecular weight is 295 g/mol. The van der Waals surface area contributed by atoms with Gasteiger partial charge in [-0.2, -0.15) is 5.10 Å². The van der Waals surface area contributed by atoms with E-state index in [1.807, 2.05) is 30.3 Å². The molecule has 5 heteroatoms. The molecule has 0 aliphatic heterocycles. The van der Waals surface area contributed by atoms with Crippen LogP contribution in [0.15, 0.2) is 67.0 Å². The third-order valence-corrected chi connectivity index (χ3v) is 3.20. The first-order valence-electron chi connectivity index (χ1n) is 6.86. The molecular weight excluding hydrogens is 281 g/mol. The highest BCUT2D eigenvalue weighted by Crippen LogP contribution is 2.13. The Morgan fingerprint density at radius 2 is 1.82 bits per heavy atom. The number of amides is 1. The maximum Gasteiger partial charge on any atom is 0.228 e. The molecular formula is C17H14FN3O. The van der Waals surface area contributed by atoms with E-state index in [1.165, 1.54) is 6.07 Å². The molecule has 0 fully saturated rings. The van der Waals surface area contributed by atoms with E-state index in [0.29, 0.717) is 11.3 Å². The maximum absolute atomic E-state index is 13.5. The van der Waals surface area contributed by atoms with E-state index in [-0.39, 0.29) is 18.1 Å². The van der Waals surface area contributed by atoms with Gasteiger partial charge < -0.3 is 5.32 Å². The number of para-hydroxylation sites is 1. The fraction of sp³-hybridized carbons (Fsp3) is 0.0588. The first-order valence-corrected chi connectivity index (χ1v) is 6.86. The lowest BCUT2D eigenvalue weighted by Crippen LogP contribution is -2.14. The lowest BCUT2D eigenvalue weighted by Gasteiger charge is -2.04. The third-order valence-electron chi connectivity index (χ3n) is 3.20. The molecule has 0 atom stereocenters. The van der Waals surface area contributed by atoms with E-state index in [4.69, 9.17) is 0 Å². The summed E-state index contributed by atoms with van der Waals surface area (Å²) < 4.78 is 15.2. The predicted molar refractivity (Wildman–Crippen MR) is 82.3 cm³/mol. The maximum atomic E-state index is 13.5. The zero-order valence-electron chi connectivity index (χ0n) is 11.7. The van der Waals surface area contributed by atoms with Crippen molar-refractivity contribution in [3.8, 4) is 5.69 Å². The molecule has 0 saturated heterocycles. The summed E-state index contributed by atoms with van der Waals surface area (Å²) >= 11 is 0. The van der Waals surface area contributed by atoms with Crippen molar-refractivity contribution in [1.82, 2.24) is 9.78 Å². The van der Waals surface area contributed by atoms with Crippen molar-refractivity contribution in [2.45, 2.75) is 6.42 Å². The summed E-state index contributed by atoms with van der Waals surface area (Å²) in [6, 6.07) is 15.8. The van der Waals surface area contributed by atoms with Crippen LogP contribution in [0, 0.1) is 5.82 Å². The van der Waals surface area contributed by atoms with E-state index in [1.54, 1.807) is 35.3 Å². The number of benzene rings is 2. The van der Waals surface area contributed by atoms with Crippen molar-refractivity contribution in [3.05, 3.63) is 78.4 Å². The summed E-state index contributed by atoms with van der Waals surface area (Å²) in [4.78, 5) is 12.0. The van der Waals surface area contributed by atoms with Crippen molar-refractivity contribution < 1.29 is 9.18 Å². The summed E-state index contributed by atoms with van der Waals surface area (Å²) in [5.74, 6) is -0.657. The van der Waals surface area contributed by atoms with Crippen LogP contribution in [-0.2, 0) is 11.2 Å². The Balaban J connectivity index is 1.68. The molecule has 4 nitrogen and oxygen atoms in total. The minimum Gasteiger partial charge on any atom is -0.323 e. The van der Waals surface area contributed by atoms with Crippen LogP contribution in [0.4, 0.5) is 10.1 Å². The van der Waals surface area contributed by atoms with Crippen LogP contribution < -0.4 is 5.32 Å². The third kappa shape index (κ3) is 3.20. The van der Waals surface area contributed by atoms with Gasteiger partial charge in [-0.3, -0.25) is 4.79 Å². The molecule has 3 rings (SSSR count). The van der Waals surface area contributed by atoms with Crippen LogP contribution >= 0.6 is 0 Å². The zero-order valence-corrected chi connectivity index (χ0v) is 11.7. The lowest BCUT2D eigenvalue weighted by molar-refractivity contribution is -0.115. The largest absolute Gasteiger partial charge is 0.323 e. The number of aromatic nitrogens is 2. The van der Waals surface area contributed by atoms with E-state index in [0.717, 1.165) is 5.69 Å². The number of halogens is 1.